The second kappa shape index (κ2) is 8.61. The fourth-order valence-electron chi connectivity index (χ4n) is 3.88. The van der Waals surface area contributed by atoms with Crippen molar-refractivity contribution in [1.29, 1.82) is 0 Å². The van der Waals surface area contributed by atoms with Crippen molar-refractivity contribution >= 4 is 40.6 Å². The summed E-state index contributed by atoms with van der Waals surface area (Å²) in [6.07, 6.45) is 0. The van der Waals surface area contributed by atoms with Gasteiger partial charge in [0.15, 0.2) is 0 Å². The van der Waals surface area contributed by atoms with Crippen molar-refractivity contribution < 1.29 is 4.74 Å². The van der Waals surface area contributed by atoms with Crippen LogP contribution in [0.4, 0.5) is 0 Å². The van der Waals surface area contributed by atoms with Gasteiger partial charge >= 0.3 is 0 Å². The first-order valence-corrected chi connectivity index (χ1v) is 12.1. The summed E-state index contributed by atoms with van der Waals surface area (Å²) >= 11 is 0. The van der Waals surface area contributed by atoms with E-state index in [1.807, 2.05) is 6.07 Å². The summed E-state index contributed by atoms with van der Waals surface area (Å²) in [5.74, 6) is 1.12. The third-order valence-electron chi connectivity index (χ3n) is 5.63. The van der Waals surface area contributed by atoms with Crippen molar-refractivity contribution in [3.8, 4) is 0 Å². The van der Waals surface area contributed by atoms with Gasteiger partial charge in [0, 0.05) is 10.7 Å². The van der Waals surface area contributed by atoms with Gasteiger partial charge in [-0.25, -0.2) is 9.98 Å². The molecule has 0 spiro atoms. The average molecular weight is 424 g/mol. The first-order chi connectivity index (χ1) is 15.2. The number of aromatic nitrogens is 1. The van der Waals surface area contributed by atoms with Gasteiger partial charge in [-0.15, -0.1) is 0 Å². The maximum Gasteiger partial charge on any atom is 0.235 e. The monoisotopic (exact) mass is 424 g/mol. The molecule has 1 aliphatic heterocycles. The van der Waals surface area contributed by atoms with Crippen LogP contribution in [0.1, 0.15) is 19.5 Å². The van der Waals surface area contributed by atoms with Crippen LogP contribution in [0.25, 0.3) is 10.9 Å². The molecule has 1 aliphatic rings. The van der Waals surface area contributed by atoms with Crippen LogP contribution in [0.2, 0.25) is 0 Å². The largest absolute Gasteiger partial charge is 0.474 e. The Morgan fingerprint density at radius 2 is 1.48 bits per heavy atom. The van der Waals surface area contributed by atoms with Crippen molar-refractivity contribution in [3.63, 3.8) is 0 Å². The molecule has 0 radical (unpaired) electrons. The molecule has 3 nitrogen and oxygen atoms in total. The molecule has 154 valence electrons. The molecule has 0 unspecified atom stereocenters. The highest BCUT2D eigenvalue weighted by atomic mass is 31.1. The molecule has 0 aliphatic carbocycles. The molecule has 1 aromatic heterocycles. The van der Waals surface area contributed by atoms with Gasteiger partial charge < -0.3 is 4.74 Å². The summed E-state index contributed by atoms with van der Waals surface area (Å²) in [6.45, 7) is 4.99. The number of rotatable bonds is 5. The maximum atomic E-state index is 5.92. The molecule has 1 atom stereocenters. The molecule has 0 saturated heterocycles. The third-order valence-corrected chi connectivity index (χ3v) is 8.10. The van der Waals surface area contributed by atoms with E-state index in [-0.39, 0.29) is 6.04 Å². The molecular weight excluding hydrogens is 399 g/mol. The number of ether oxygens (including phenoxy) is 1. The van der Waals surface area contributed by atoms with E-state index in [0.717, 1.165) is 16.6 Å². The van der Waals surface area contributed by atoms with Crippen molar-refractivity contribution in [2.24, 2.45) is 10.9 Å². The van der Waals surface area contributed by atoms with E-state index in [4.69, 9.17) is 14.7 Å². The molecular formula is C27H25N2OP. The van der Waals surface area contributed by atoms with Crippen molar-refractivity contribution in [1.82, 2.24) is 4.98 Å². The second-order valence-electron chi connectivity index (χ2n) is 8.11. The van der Waals surface area contributed by atoms with Crippen LogP contribution in [0.5, 0.6) is 0 Å². The summed E-state index contributed by atoms with van der Waals surface area (Å²) in [4.78, 5) is 9.88. The molecule has 4 heteroatoms. The Morgan fingerprint density at radius 3 is 2.10 bits per heavy atom. The molecule has 2 heterocycles. The van der Waals surface area contributed by atoms with Crippen LogP contribution in [0.3, 0.4) is 0 Å². The molecule has 4 aromatic rings. The fraction of sp³-hybridized carbons (Fsp3) is 0.185. The normalized spacial score (nSPS) is 16.0. The van der Waals surface area contributed by atoms with Gasteiger partial charge in [0.1, 0.15) is 12.3 Å². The van der Waals surface area contributed by atoms with Gasteiger partial charge in [0.25, 0.3) is 0 Å². The van der Waals surface area contributed by atoms with Gasteiger partial charge in [-0.3, -0.25) is 0 Å². The molecule has 0 N–H and O–H groups in total. The van der Waals surface area contributed by atoms with E-state index < -0.39 is 7.92 Å². The highest BCUT2D eigenvalue weighted by Gasteiger charge is 2.25. The molecule has 3 aromatic carbocycles. The number of para-hydroxylation sites is 1. The molecule has 31 heavy (non-hydrogen) atoms. The first kappa shape index (κ1) is 19.9. The predicted octanol–water partition coefficient (Wildman–Crippen LogP) is 4.79. The Kier molecular flexibility index (Phi) is 5.53. The number of benzene rings is 3. The first-order valence-electron chi connectivity index (χ1n) is 10.7. The summed E-state index contributed by atoms with van der Waals surface area (Å²) in [7, 11) is -0.733. The van der Waals surface area contributed by atoms with Crippen molar-refractivity contribution in [3.05, 3.63) is 96.7 Å². The van der Waals surface area contributed by atoms with Crippen molar-refractivity contribution in [2.75, 3.05) is 6.61 Å². The minimum Gasteiger partial charge on any atom is -0.474 e. The number of nitrogens with zero attached hydrogens (tertiary/aromatic N) is 2. The Hall–Kier alpha value is -3.03. The minimum absolute atomic E-state index is 0.202. The number of pyridine rings is 1. The van der Waals surface area contributed by atoms with E-state index >= 15 is 0 Å². The Bertz CT molecular complexity index is 1180. The average Bonchev–Trinajstić information content (AvgIpc) is 3.31. The number of hydrogen-bond donors (Lipinski definition) is 0. The number of hydrogen-bond acceptors (Lipinski definition) is 3. The molecule has 0 fully saturated rings. The molecule has 5 rings (SSSR count). The van der Waals surface area contributed by atoms with Crippen LogP contribution >= 0.6 is 7.92 Å². The maximum absolute atomic E-state index is 5.92. The van der Waals surface area contributed by atoms with Crippen LogP contribution in [0, 0.1) is 5.92 Å². The highest BCUT2D eigenvalue weighted by molar-refractivity contribution is 7.80. The second-order valence-corrected chi connectivity index (χ2v) is 10.3. The Balaban J connectivity index is 1.67. The molecule has 0 bridgehead atoms. The topological polar surface area (TPSA) is 34.5 Å². The lowest BCUT2D eigenvalue weighted by atomic mass is 10.1. The van der Waals surface area contributed by atoms with Crippen LogP contribution in [-0.4, -0.2) is 23.5 Å². The number of aliphatic imine (C=N–C) groups is 1. The van der Waals surface area contributed by atoms with E-state index in [0.29, 0.717) is 18.4 Å². The SMILES string of the molecule is CC(C)[C@@H]1COC(c2ccc3cccc(P(c4ccccc4)c4ccccc4)c3n2)=N1. The Labute approximate surface area is 184 Å². The Morgan fingerprint density at radius 1 is 0.806 bits per heavy atom. The lowest BCUT2D eigenvalue weighted by molar-refractivity contribution is 0.291. The van der Waals surface area contributed by atoms with Gasteiger partial charge in [-0.2, -0.15) is 0 Å². The zero-order chi connectivity index (χ0) is 21.2. The van der Waals surface area contributed by atoms with Crippen molar-refractivity contribution in [2.45, 2.75) is 19.9 Å². The van der Waals surface area contributed by atoms with Crippen LogP contribution in [0.15, 0.2) is 96.0 Å². The number of fused-ring (bicyclic) bond motifs is 1. The fourth-order valence-corrected chi connectivity index (χ4v) is 6.30. The lowest BCUT2D eigenvalue weighted by Gasteiger charge is -2.20. The van der Waals surface area contributed by atoms with Crippen LogP contribution < -0.4 is 15.9 Å². The zero-order valence-electron chi connectivity index (χ0n) is 17.8. The molecule has 0 amide bonds. The van der Waals surface area contributed by atoms with E-state index in [9.17, 15) is 0 Å². The van der Waals surface area contributed by atoms with Gasteiger partial charge in [-0.1, -0.05) is 98.8 Å². The van der Waals surface area contributed by atoms with Gasteiger partial charge in [0.05, 0.1) is 11.6 Å². The van der Waals surface area contributed by atoms with E-state index in [1.54, 1.807) is 0 Å². The van der Waals surface area contributed by atoms with Gasteiger partial charge in [0.2, 0.25) is 5.90 Å². The third kappa shape index (κ3) is 3.98. The summed E-state index contributed by atoms with van der Waals surface area (Å²) in [6, 6.07) is 32.4. The standard InChI is InChI=1S/C27H25N2OP/c1-19(2)24-18-30-27(29-24)23-17-16-20-10-9-15-25(26(20)28-23)31(21-11-5-3-6-12-21)22-13-7-4-8-14-22/h3-17,19,24H,18H2,1-2H3/t24-/m0/s1. The van der Waals surface area contributed by atoms with E-state index in [1.165, 1.54) is 15.9 Å². The quantitative estimate of drug-likeness (QED) is 0.432. The lowest BCUT2D eigenvalue weighted by Crippen LogP contribution is -2.22. The zero-order valence-corrected chi connectivity index (χ0v) is 18.7. The predicted molar refractivity (Wildman–Crippen MR) is 132 cm³/mol. The highest BCUT2D eigenvalue weighted by Crippen LogP contribution is 2.35. The summed E-state index contributed by atoms with van der Waals surface area (Å²) in [5.41, 5.74) is 1.84. The summed E-state index contributed by atoms with van der Waals surface area (Å²) in [5, 5.41) is 5.03. The van der Waals surface area contributed by atoms with Crippen LogP contribution in [-0.2, 0) is 4.74 Å². The van der Waals surface area contributed by atoms with E-state index in [2.05, 4.69) is 98.8 Å². The summed E-state index contributed by atoms with van der Waals surface area (Å²) < 4.78 is 5.92. The smallest absolute Gasteiger partial charge is 0.235 e. The van der Waals surface area contributed by atoms with Gasteiger partial charge in [-0.05, 0) is 30.5 Å². The molecule has 0 saturated carbocycles. The minimum atomic E-state index is -0.733.